The number of phenols is 1. The molecular weight excluding hydrogens is 378 g/mol. The van der Waals surface area contributed by atoms with Crippen LogP contribution in [0, 0.1) is 22.7 Å². The molecule has 0 atom stereocenters. The van der Waals surface area contributed by atoms with Crippen molar-refractivity contribution in [2.45, 2.75) is 52.4 Å². The standard InChI is InChI=1S/C23H27N5O2/c1-22(2,3)17-8-14(9-18(21(17)29)23(4,5)6)7-15(10-24)27-28-20-13-30-12-19(26)16(20)11-25/h7-9,13,29H,12,26H2,1-6H3/b15-7+,28-27?. The molecule has 7 nitrogen and oxygen atoms in total. The summed E-state index contributed by atoms with van der Waals surface area (Å²) in [5.41, 5.74) is 8.10. The molecular formula is C23H27N5O2. The fourth-order valence-corrected chi connectivity index (χ4v) is 2.94. The highest BCUT2D eigenvalue weighted by Crippen LogP contribution is 2.40. The van der Waals surface area contributed by atoms with E-state index in [1.807, 2.05) is 65.8 Å². The van der Waals surface area contributed by atoms with Crippen molar-refractivity contribution in [3.63, 3.8) is 0 Å². The van der Waals surface area contributed by atoms with Gasteiger partial charge in [0.05, 0.1) is 5.70 Å². The van der Waals surface area contributed by atoms with Gasteiger partial charge in [-0.2, -0.15) is 10.5 Å². The Labute approximate surface area is 177 Å². The summed E-state index contributed by atoms with van der Waals surface area (Å²) >= 11 is 0. The quantitative estimate of drug-likeness (QED) is 0.545. The lowest BCUT2D eigenvalue weighted by atomic mass is 9.78. The van der Waals surface area contributed by atoms with Crippen molar-refractivity contribution in [1.29, 1.82) is 10.5 Å². The highest BCUT2D eigenvalue weighted by Gasteiger charge is 2.26. The van der Waals surface area contributed by atoms with E-state index in [1.54, 1.807) is 6.08 Å². The molecule has 3 N–H and O–H groups in total. The Morgan fingerprint density at radius 2 is 1.70 bits per heavy atom. The fraction of sp³-hybridized carbons (Fsp3) is 0.391. The van der Waals surface area contributed by atoms with Crippen molar-refractivity contribution < 1.29 is 9.84 Å². The van der Waals surface area contributed by atoms with E-state index in [9.17, 15) is 15.6 Å². The second-order valence-corrected chi connectivity index (χ2v) is 9.13. The Morgan fingerprint density at radius 3 is 2.17 bits per heavy atom. The van der Waals surface area contributed by atoms with Crippen LogP contribution in [0.15, 0.2) is 51.3 Å². The number of nitrogens with zero attached hydrogens (tertiary/aromatic N) is 4. The van der Waals surface area contributed by atoms with Crippen LogP contribution in [0.5, 0.6) is 5.75 Å². The van der Waals surface area contributed by atoms with E-state index in [0.717, 1.165) is 16.7 Å². The molecule has 1 aromatic rings. The van der Waals surface area contributed by atoms with E-state index in [0.29, 0.717) is 0 Å². The number of nitrogens with two attached hydrogens (primary N) is 1. The lowest BCUT2D eigenvalue weighted by Crippen LogP contribution is -2.17. The fourth-order valence-electron chi connectivity index (χ4n) is 2.94. The molecule has 1 aromatic carbocycles. The van der Waals surface area contributed by atoms with Crippen LogP contribution in [0.3, 0.4) is 0 Å². The molecule has 1 aliphatic heterocycles. The van der Waals surface area contributed by atoms with Gasteiger partial charge in [0, 0.05) is 11.1 Å². The Kier molecular flexibility index (Phi) is 6.38. The Morgan fingerprint density at radius 1 is 1.13 bits per heavy atom. The number of phenolic OH excluding ortho intramolecular Hbond substituents is 1. The van der Waals surface area contributed by atoms with Crippen LogP contribution in [-0.4, -0.2) is 11.7 Å². The van der Waals surface area contributed by atoms with Gasteiger partial charge in [0.1, 0.15) is 42.0 Å². The maximum Gasteiger partial charge on any atom is 0.163 e. The monoisotopic (exact) mass is 405 g/mol. The van der Waals surface area contributed by atoms with E-state index in [2.05, 4.69) is 10.2 Å². The zero-order valence-electron chi connectivity index (χ0n) is 18.2. The lowest BCUT2D eigenvalue weighted by molar-refractivity contribution is 0.269. The summed E-state index contributed by atoms with van der Waals surface area (Å²) < 4.78 is 5.15. The Hall–Kier alpha value is -3.58. The maximum atomic E-state index is 10.8. The van der Waals surface area contributed by atoms with Crippen molar-refractivity contribution >= 4 is 6.08 Å². The normalized spacial score (nSPS) is 15.5. The van der Waals surface area contributed by atoms with Crippen LogP contribution in [0.25, 0.3) is 6.08 Å². The Bertz CT molecular complexity index is 1010. The topological polar surface area (TPSA) is 128 Å². The van der Waals surface area contributed by atoms with Crippen LogP contribution in [0.4, 0.5) is 0 Å². The molecule has 0 unspecified atom stereocenters. The van der Waals surface area contributed by atoms with E-state index in [4.69, 9.17) is 10.5 Å². The Balaban J connectivity index is 2.54. The van der Waals surface area contributed by atoms with Gasteiger partial charge in [0.25, 0.3) is 0 Å². The van der Waals surface area contributed by atoms with Crippen molar-refractivity contribution in [2.75, 3.05) is 6.61 Å². The number of aromatic hydroxyl groups is 1. The van der Waals surface area contributed by atoms with Gasteiger partial charge < -0.3 is 15.6 Å². The van der Waals surface area contributed by atoms with E-state index >= 15 is 0 Å². The predicted octanol–water partition coefficient (Wildman–Crippen LogP) is 4.91. The summed E-state index contributed by atoms with van der Waals surface area (Å²) in [6.07, 6.45) is 2.89. The van der Waals surface area contributed by atoms with Crippen LogP contribution in [0.1, 0.15) is 58.2 Å². The number of hydrogen-bond acceptors (Lipinski definition) is 7. The molecule has 30 heavy (non-hydrogen) atoms. The molecule has 0 saturated carbocycles. The minimum Gasteiger partial charge on any atom is -0.507 e. The van der Waals surface area contributed by atoms with Crippen LogP contribution >= 0.6 is 0 Å². The smallest absolute Gasteiger partial charge is 0.163 e. The second kappa shape index (κ2) is 8.42. The third-order valence-electron chi connectivity index (χ3n) is 4.55. The summed E-state index contributed by atoms with van der Waals surface area (Å²) in [5.74, 6) is 0.260. The number of rotatable bonds is 3. The summed E-state index contributed by atoms with van der Waals surface area (Å²) in [5, 5.41) is 37.6. The molecule has 0 radical (unpaired) electrons. The molecule has 7 heteroatoms. The first-order chi connectivity index (χ1) is 13.9. The van der Waals surface area contributed by atoms with Gasteiger partial charge in [0.2, 0.25) is 0 Å². The number of hydrogen-bond donors (Lipinski definition) is 2. The molecule has 0 fully saturated rings. The first-order valence-electron chi connectivity index (χ1n) is 9.51. The van der Waals surface area contributed by atoms with Crippen molar-refractivity contribution in [3.05, 3.63) is 57.7 Å². The van der Waals surface area contributed by atoms with Gasteiger partial charge in [-0.1, -0.05) is 41.5 Å². The largest absolute Gasteiger partial charge is 0.507 e. The predicted molar refractivity (Wildman–Crippen MR) is 115 cm³/mol. The highest BCUT2D eigenvalue weighted by molar-refractivity contribution is 5.62. The average Bonchev–Trinajstić information content (AvgIpc) is 2.64. The maximum absolute atomic E-state index is 10.8. The summed E-state index contributed by atoms with van der Waals surface area (Å²) in [4.78, 5) is 0. The van der Waals surface area contributed by atoms with Gasteiger partial charge >= 0.3 is 0 Å². The lowest BCUT2D eigenvalue weighted by Gasteiger charge is -2.27. The molecule has 0 amide bonds. The summed E-state index contributed by atoms with van der Waals surface area (Å²) in [6.45, 7) is 12.2. The van der Waals surface area contributed by atoms with Crippen molar-refractivity contribution in [1.82, 2.24) is 0 Å². The molecule has 0 aromatic heterocycles. The third-order valence-corrected chi connectivity index (χ3v) is 4.55. The molecule has 0 bridgehead atoms. The first kappa shape index (κ1) is 22.7. The van der Waals surface area contributed by atoms with Crippen LogP contribution in [-0.2, 0) is 15.6 Å². The summed E-state index contributed by atoms with van der Waals surface area (Å²) in [7, 11) is 0. The molecule has 1 aliphatic rings. The third kappa shape index (κ3) is 5.07. The zero-order chi connectivity index (χ0) is 22.7. The van der Waals surface area contributed by atoms with Crippen molar-refractivity contribution in [2.24, 2.45) is 16.0 Å². The van der Waals surface area contributed by atoms with Crippen molar-refractivity contribution in [3.8, 4) is 17.9 Å². The van der Waals surface area contributed by atoms with E-state index < -0.39 is 0 Å². The minimum atomic E-state index is -0.295. The minimum absolute atomic E-state index is 0.0442. The number of ether oxygens (including phenoxy) is 1. The number of benzene rings is 1. The highest BCUT2D eigenvalue weighted by atomic mass is 16.5. The van der Waals surface area contributed by atoms with Crippen LogP contribution in [0.2, 0.25) is 0 Å². The molecule has 0 saturated heterocycles. The van der Waals surface area contributed by atoms with Gasteiger partial charge in [0.15, 0.2) is 5.70 Å². The first-order valence-corrected chi connectivity index (χ1v) is 9.51. The molecule has 0 spiro atoms. The van der Waals surface area contributed by atoms with Gasteiger partial charge in [-0.25, -0.2) is 0 Å². The second-order valence-electron chi connectivity index (χ2n) is 9.13. The average molecular weight is 406 g/mol. The van der Waals surface area contributed by atoms with Gasteiger partial charge in [-0.3, -0.25) is 0 Å². The molecule has 1 heterocycles. The molecule has 2 rings (SSSR count). The van der Waals surface area contributed by atoms with E-state index in [-0.39, 0.29) is 45.9 Å². The van der Waals surface area contributed by atoms with E-state index in [1.165, 1.54) is 6.26 Å². The van der Waals surface area contributed by atoms with Gasteiger partial charge in [-0.15, -0.1) is 10.2 Å². The van der Waals surface area contributed by atoms with Crippen LogP contribution < -0.4 is 5.73 Å². The zero-order valence-corrected chi connectivity index (χ0v) is 18.2. The number of nitriles is 2. The molecule has 156 valence electrons. The number of allylic oxidation sites excluding steroid dienone is 2. The number of azo groups is 1. The molecule has 0 aliphatic carbocycles. The SMILES string of the molecule is CC(C)(C)c1cc(/C=C(\C#N)N=NC2=COCC(N)=C2C#N)cc(C(C)(C)C)c1O. The van der Waals surface area contributed by atoms with Gasteiger partial charge in [-0.05, 0) is 34.6 Å². The summed E-state index contributed by atoms with van der Waals surface area (Å²) in [6, 6.07) is 7.67.